The predicted octanol–water partition coefficient (Wildman–Crippen LogP) is 8.48. The fourth-order valence-electron chi connectivity index (χ4n) is 7.95. The highest BCUT2D eigenvalue weighted by atomic mass is 35.5. The monoisotopic (exact) mass is 1710 g/mol. The number of amidine groups is 1. The van der Waals surface area contributed by atoms with Gasteiger partial charge < -0.3 is 108 Å². The number of nitrogens with zero attached hydrogens (tertiary/aromatic N) is 15. The van der Waals surface area contributed by atoms with Gasteiger partial charge in [0.15, 0.2) is 35.8 Å². The van der Waals surface area contributed by atoms with Crippen molar-refractivity contribution in [2.75, 3.05) is 32.5 Å². The molecule has 0 saturated heterocycles. The summed E-state index contributed by atoms with van der Waals surface area (Å²) >= 11 is 40.7. The van der Waals surface area contributed by atoms with Crippen LogP contribution in [0.25, 0.3) is 0 Å². The van der Waals surface area contributed by atoms with Crippen LogP contribution in [0.2, 0.25) is 35.2 Å². The van der Waals surface area contributed by atoms with Gasteiger partial charge in [-0.1, -0.05) is 156 Å². The number of hydrogen-bond donors (Lipinski definition) is 19. The van der Waals surface area contributed by atoms with Crippen LogP contribution in [-0.2, 0) is 25.9 Å². The first-order valence-electron chi connectivity index (χ1n) is 34.4. The number of benzene rings is 7. The smallest absolute Gasteiger partial charge is 0.223 e. The van der Waals surface area contributed by atoms with Gasteiger partial charge in [0, 0.05) is 86.5 Å². The van der Waals surface area contributed by atoms with Gasteiger partial charge in [0.05, 0.1) is 24.5 Å². The second-order valence-corrected chi connectivity index (χ2v) is 27.4. The highest BCUT2D eigenvalue weighted by Gasteiger charge is 2.05. The van der Waals surface area contributed by atoms with Gasteiger partial charge in [0.25, 0.3) is 0 Å². The van der Waals surface area contributed by atoms with Crippen LogP contribution in [0.15, 0.2) is 240 Å². The Bertz CT molecular complexity index is 4550. The van der Waals surface area contributed by atoms with E-state index < -0.39 is 0 Å². The summed E-state index contributed by atoms with van der Waals surface area (Å²) in [6.45, 7) is 13.7. The van der Waals surface area contributed by atoms with E-state index in [1.807, 2.05) is 125 Å². The van der Waals surface area contributed by atoms with Crippen molar-refractivity contribution in [1.82, 2.24) is 10.2 Å². The Hall–Kier alpha value is -12.1. The van der Waals surface area contributed by atoms with Crippen LogP contribution >= 0.6 is 81.2 Å². The van der Waals surface area contributed by atoms with Gasteiger partial charge >= 0.3 is 0 Å². The fraction of sp³-hybridized carbons (Fsp3) is 0.243. The molecule has 0 aliphatic carbocycles. The molecule has 0 unspecified atom stereocenters. The highest BCUT2D eigenvalue weighted by Crippen LogP contribution is 2.20. The summed E-state index contributed by atoms with van der Waals surface area (Å²) in [5, 5.41) is 10.2. The van der Waals surface area contributed by atoms with Crippen molar-refractivity contribution in [3.63, 3.8) is 0 Å². The third kappa shape index (κ3) is 55.1. The Balaban J connectivity index is 0.000000672. The first-order chi connectivity index (χ1) is 54.1. The molecule has 0 bridgehead atoms. The van der Waals surface area contributed by atoms with E-state index in [2.05, 4.69) is 94.4 Å². The van der Waals surface area contributed by atoms with Crippen molar-refractivity contribution in [1.29, 1.82) is 0 Å². The van der Waals surface area contributed by atoms with Gasteiger partial charge in [0.1, 0.15) is 5.84 Å². The molecule has 34 nitrogen and oxygen atoms in total. The molecule has 620 valence electrons. The van der Waals surface area contributed by atoms with Crippen LogP contribution < -0.4 is 108 Å². The second-order valence-electron chi connectivity index (χ2n) is 24.4. The molecule has 0 aromatic heterocycles. The van der Waals surface area contributed by atoms with Gasteiger partial charge in [-0.05, 0) is 178 Å². The molecule has 7 rings (SSSR count). The number of nitrogens with two attached hydrogens (primary N) is 17. The zero-order chi connectivity index (χ0) is 86.5. The minimum Gasteiger partial charge on any atom is -0.387 e. The lowest BCUT2D eigenvalue weighted by Crippen LogP contribution is -2.42. The number of guanidine groups is 13. The zero-order valence-corrected chi connectivity index (χ0v) is 70.3. The van der Waals surface area contributed by atoms with Gasteiger partial charge in [0.2, 0.25) is 41.7 Å². The van der Waals surface area contributed by atoms with E-state index in [9.17, 15) is 0 Å². The van der Waals surface area contributed by atoms with Crippen molar-refractivity contribution in [3.05, 3.63) is 227 Å². The summed E-state index contributed by atoms with van der Waals surface area (Å²) in [5.41, 5.74) is 98.4. The van der Waals surface area contributed by atoms with Crippen LogP contribution in [0.4, 0.5) is 17.1 Å². The summed E-state index contributed by atoms with van der Waals surface area (Å²) in [5.74, 6) is 2.24. The predicted molar refractivity (Wildman–Crippen MR) is 489 cm³/mol. The van der Waals surface area contributed by atoms with E-state index in [1.54, 1.807) is 91.8 Å². The maximum absolute atomic E-state index is 5.90. The number of hydrogen-bond acceptors (Lipinski definition) is 8. The van der Waals surface area contributed by atoms with Crippen molar-refractivity contribution >= 4 is 182 Å². The fourth-order valence-corrected chi connectivity index (χ4v) is 9.30. The lowest BCUT2D eigenvalue weighted by atomic mass is 10.1. The normalized spacial score (nSPS) is 12.2. The summed E-state index contributed by atoms with van der Waals surface area (Å²) < 4.78 is 0. The minimum atomic E-state index is -0.131. The minimum absolute atomic E-state index is 0.00716. The van der Waals surface area contributed by atoms with Gasteiger partial charge in [-0.2, -0.15) is 25.0 Å². The molecule has 0 heterocycles. The van der Waals surface area contributed by atoms with E-state index in [0.717, 1.165) is 52.2 Å². The summed E-state index contributed by atoms with van der Waals surface area (Å²) in [6.07, 6.45) is 2.24. The van der Waals surface area contributed by atoms with E-state index >= 15 is 0 Å². The third-order valence-electron chi connectivity index (χ3n) is 12.6. The molecular weight excluding hydrogens is 1610 g/mol. The van der Waals surface area contributed by atoms with Crippen LogP contribution in [0, 0.1) is 5.92 Å². The number of rotatable bonds is 17. The molecule has 41 heteroatoms. The van der Waals surface area contributed by atoms with Gasteiger partial charge in [-0.3, -0.25) is 20.3 Å². The number of aliphatic imine (C=N–C) groups is 14. The number of anilines is 1. The molecule has 0 aliphatic rings. The van der Waals surface area contributed by atoms with Crippen molar-refractivity contribution in [3.8, 4) is 0 Å². The molecule has 0 spiro atoms. The molecule has 7 aromatic rings. The van der Waals surface area contributed by atoms with Crippen LogP contribution in [0.3, 0.4) is 0 Å². The molecule has 0 radical (unpaired) electrons. The highest BCUT2D eigenvalue weighted by molar-refractivity contribution is 6.32. The maximum atomic E-state index is 5.90. The van der Waals surface area contributed by atoms with Crippen molar-refractivity contribution < 1.29 is 0 Å². The SMILES string of the molecule is CC(C)CC(N)=NC(N)=NCCc1cccc(Cl)c1.CC(C)N=C(N)N=C(N)Nc1cccc(Cl)c1.CC(C)N=C(N)NC(N)=NCc1cccc(Cl)c1.CN(C)C(N)=NC(N)=Nc1ccc(Cl)cc1.NC(N)=NC(N)=NCCc1cccc(Cl)c1.NC(N)=NC(N)=NCc1cccc(Cl)c1.NC(N)=NC(N)=Nc1cccc(Cl)c1. The molecule has 0 fully saturated rings. The van der Waals surface area contributed by atoms with Crippen LogP contribution in [-0.4, -0.2) is 127 Å². The molecule has 115 heavy (non-hydrogen) atoms. The summed E-state index contributed by atoms with van der Waals surface area (Å²) in [7, 11) is 3.54. The summed E-state index contributed by atoms with van der Waals surface area (Å²) in [6, 6.07) is 51.2. The molecule has 0 aliphatic heterocycles. The quantitative estimate of drug-likeness (QED) is 0.0300. The van der Waals surface area contributed by atoms with E-state index in [4.69, 9.17) is 179 Å². The Morgan fingerprint density at radius 2 is 0.739 bits per heavy atom. The molecule has 36 N–H and O–H groups in total. The molecular formula is C74H105Cl7N34. The zero-order valence-electron chi connectivity index (χ0n) is 65.0. The largest absolute Gasteiger partial charge is 0.387 e. The van der Waals surface area contributed by atoms with Gasteiger partial charge in [-0.15, -0.1) is 0 Å². The summed E-state index contributed by atoms with van der Waals surface area (Å²) in [4.78, 5) is 56.7. The van der Waals surface area contributed by atoms with Crippen LogP contribution in [0.1, 0.15) is 70.2 Å². The van der Waals surface area contributed by atoms with Crippen LogP contribution in [0.5, 0.6) is 0 Å². The molecule has 0 atom stereocenters. The average Bonchev–Trinajstić information content (AvgIpc) is 0.927. The van der Waals surface area contributed by atoms with E-state index in [1.165, 1.54) is 0 Å². The molecule has 7 aromatic carbocycles. The Morgan fingerprint density at radius 1 is 0.348 bits per heavy atom. The number of halogens is 7. The molecule has 0 amide bonds. The van der Waals surface area contributed by atoms with E-state index in [0.29, 0.717) is 85.4 Å². The Morgan fingerprint density at radius 3 is 1.17 bits per heavy atom. The number of nitrogens with one attached hydrogen (secondary N) is 2. The lowest BCUT2D eigenvalue weighted by Gasteiger charge is -2.09. The van der Waals surface area contributed by atoms with Gasteiger partial charge in [-0.25, -0.2) is 30.0 Å². The first-order valence-corrected chi connectivity index (χ1v) is 37.1. The lowest BCUT2D eigenvalue weighted by molar-refractivity contribution is 0.615. The average molecular weight is 1720 g/mol. The first kappa shape index (κ1) is 101. The van der Waals surface area contributed by atoms with E-state index in [-0.39, 0.29) is 83.6 Å². The Kier molecular flexibility index (Phi) is 50.1. The second kappa shape index (κ2) is 57.0. The standard InChI is InChI=1S/C14H21ClN4.C12H18ClN5.C11H16ClN5.2C10H14ClN5.C9H12ClN5.C8H10ClN5/c1-10(2)8-13(16)19-14(17)18-7-6-11-4-3-5-12(15)9-11;1-8(2)17-12(15)18-11(14)16-7-9-4-3-5-10(13)6-9;1-7(2)15-10(13)17-11(14)16-9-5-3-4-8(12)6-9;1-16(2)10(13)15-9(12)14-8-5-3-7(11)4-6-8;11-8-3-1-2-7(6-8)4-5-15-10(14)16-9(12)13;10-7-3-1-2-6(4-7)5-14-9(13)15-8(11)12;9-5-2-1-3-6(4-5)13-8(12)14-7(10)11/h3-5,9-10H,6-8H2,1-2H3,(H4,16,17,18,19);3-6,8H,7H2,1-2H3,(H5,14,15,16,17,18);3-7H,1-2H3,(H5,13,14,15,16,17);3-6H,1-2H3,(H4,12,13,14,15);1-3,6H,4-5H2,(H6,12,13,14,15,16);1-4H,5H2,(H6,11,12,13,14,15);1-4H,(H6,10,11,12,13,14). The van der Waals surface area contributed by atoms with Crippen molar-refractivity contribution in [2.45, 2.75) is 86.0 Å². The Labute approximate surface area is 706 Å². The maximum Gasteiger partial charge on any atom is 0.223 e. The molecule has 0 saturated carbocycles. The third-order valence-corrected chi connectivity index (χ3v) is 14.2. The van der Waals surface area contributed by atoms with Crippen molar-refractivity contribution in [2.24, 2.45) is 173 Å². The topological polar surface area (TPSA) is 643 Å².